The molecule has 1 amide bonds. The second kappa shape index (κ2) is 8.02. The van der Waals surface area contributed by atoms with Crippen LogP contribution in [0, 0.1) is 12.3 Å². The topological polar surface area (TPSA) is 63.4 Å². The molecular weight excluding hydrogens is 348 g/mol. The van der Waals surface area contributed by atoms with E-state index < -0.39 is 0 Å². The Labute approximate surface area is 160 Å². The molecule has 3 rings (SSSR count). The fourth-order valence-electron chi connectivity index (χ4n) is 3.26. The molecule has 1 atom stereocenters. The summed E-state index contributed by atoms with van der Waals surface area (Å²) in [5.74, 6) is -0.210. The van der Waals surface area contributed by atoms with E-state index in [1.165, 1.54) is 0 Å². The Hall–Kier alpha value is -2.17. The number of carbonyl (C=O) groups is 2. The minimum absolute atomic E-state index is 0. The highest BCUT2D eigenvalue weighted by Crippen LogP contribution is 2.30. The number of benzene rings is 2. The first-order chi connectivity index (χ1) is 11.9. The Morgan fingerprint density at radius 3 is 2.27 bits per heavy atom. The molecule has 138 valence electrons. The van der Waals surface area contributed by atoms with Crippen LogP contribution in [0.5, 0.6) is 0 Å². The van der Waals surface area contributed by atoms with E-state index in [9.17, 15) is 9.59 Å². The summed E-state index contributed by atoms with van der Waals surface area (Å²) in [5, 5.41) is 0. The lowest BCUT2D eigenvalue weighted by Crippen LogP contribution is -2.35. The van der Waals surface area contributed by atoms with Gasteiger partial charge in [0.1, 0.15) is 0 Å². The fourth-order valence-corrected chi connectivity index (χ4v) is 3.26. The van der Waals surface area contributed by atoms with Gasteiger partial charge in [-0.2, -0.15) is 0 Å². The van der Waals surface area contributed by atoms with Crippen LogP contribution in [0.3, 0.4) is 0 Å². The molecule has 1 aliphatic rings. The average molecular weight is 373 g/mol. The number of likely N-dealkylation sites (tertiary alicyclic amines) is 1. The molecule has 2 aromatic carbocycles. The summed E-state index contributed by atoms with van der Waals surface area (Å²) in [5.41, 5.74) is 8.42. The molecule has 2 N–H and O–H groups in total. The third-order valence-electron chi connectivity index (χ3n) is 5.05. The number of aryl methyl sites for hydroxylation is 1. The van der Waals surface area contributed by atoms with E-state index >= 15 is 0 Å². The number of hydrogen-bond donors (Lipinski definition) is 1. The summed E-state index contributed by atoms with van der Waals surface area (Å²) in [7, 11) is 0. The van der Waals surface area contributed by atoms with Gasteiger partial charge in [0.15, 0.2) is 5.78 Å². The zero-order valence-corrected chi connectivity index (χ0v) is 16.0. The lowest BCUT2D eigenvalue weighted by atomic mass is 9.90. The van der Waals surface area contributed by atoms with Crippen LogP contribution < -0.4 is 5.73 Å². The monoisotopic (exact) mass is 372 g/mol. The van der Waals surface area contributed by atoms with Crippen molar-refractivity contribution in [2.75, 3.05) is 19.6 Å². The van der Waals surface area contributed by atoms with Gasteiger partial charge in [-0.3, -0.25) is 9.59 Å². The molecule has 2 aromatic rings. The van der Waals surface area contributed by atoms with Crippen molar-refractivity contribution in [2.24, 2.45) is 11.1 Å². The van der Waals surface area contributed by atoms with Crippen LogP contribution in [0.25, 0.3) is 0 Å². The molecule has 0 spiro atoms. The molecule has 26 heavy (non-hydrogen) atoms. The van der Waals surface area contributed by atoms with Gasteiger partial charge in [-0.05, 0) is 31.4 Å². The summed E-state index contributed by atoms with van der Waals surface area (Å²) in [4.78, 5) is 27.7. The molecule has 1 heterocycles. The Morgan fingerprint density at radius 2 is 1.69 bits per heavy atom. The Balaban J connectivity index is 0.00000243. The van der Waals surface area contributed by atoms with Gasteiger partial charge in [-0.15, -0.1) is 12.4 Å². The molecule has 1 fully saturated rings. The van der Waals surface area contributed by atoms with Gasteiger partial charge < -0.3 is 10.6 Å². The van der Waals surface area contributed by atoms with Crippen molar-refractivity contribution in [1.82, 2.24) is 4.90 Å². The van der Waals surface area contributed by atoms with Crippen molar-refractivity contribution in [3.63, 3.8) is 0 Å². The quantitative estimate of drug-likeness (QED) is 0.836. The number of nitrogens with zero attached hydrogens (tertiary/aromatic N) is 1. The maximum Gasteiger partial charge on any atom is 0.254 e. The van der Waals surface area contributed by atoms with Gasteiger partial charge in [0.25, 0.3) is 5.91 Å². The lowest BCUT2D eigenvalue weighted by Gasteiger charge is -2.23. The van der Waals surface area contributed by atoms with Crippen LogP contribution >= 0.6 is 12.4 Å². The van der Waals surface area contributed by atoms with E-state index in [1.54, 1.807) is 36.4 Å². The molecule has 0 saturated carbocycles. The standard InChI is InChI=1S/C21H24N2O2.ClH/c1-15-7-9-16(10-8-15)19(24)17-5-3-4-6-18(17)20(25)23-12-11-21(2,13-22)14-23;/h3-10H,11-14,22H2,1-2H3;1H. The third-order valence-corrected chi connectivity index (χ3v) is 5.05. The zero-order chi connectivity index (χ0) is 18.0. The average Bonchev–Trinajstić information content (AvgIpc) is 3.04. The largest absolute Gasteiger partial charge is 0.338 e. The van der Waals surface area contributed by atoms with Crippen molar-refractivity contribution in [3.05, 3.63) is 70.8 Å². The molecule has 4 nitrogen and oxygen atoms in total. The van der Waals surface area contributed by atoms with E-state index in [0.29, 0.717) is 36.3 Å². The second-order valence-electron chi connectivity index (χ2n) is 7.23. The number of halogens is 1. The zero-order valence-electron chi connectivity index (χ0n) is 15.2. The van der Waals surface area contributed by atoms with Crippen molar-refractivity contribution >= 4 is 24.1 Å². The van der Waals surface area contributed by atoms with Gasteiger partial charge >= 0.3 is 0 Å². The van der Waals surface area contributed by atoms with E-state index in [4.69, 9.17) is 5.73 Å². The van der Waals surface area contributed by atoms with Crippen LogP contribution in [-0.4, -0.2) is 36.2 Å². The molecule has 0 aliphatic carbocycles. The molecule has 0 bridgehead atoms. The van der Waals surface area contributed by atoms with Crippen LogP contribution in [0.2, 0.25) is 0 Å². The maximum atomic E-state index is 13.0. The molecule has 0 radical (unpaired) electrons. The third kappa shape index (κ3) is 3.97. The highest BCUT2D eigenvalue weighted by atomic mass is 35.5. The van der Waals surface area contributed by atoms with Crippen LogP contribution in [0.15, 0.2) is 48.5 Å². The summed E-state index contributed by atoms with van der Waals surface area (Å²) in [6, 6.07) is 14.5. The van der Waals surface area contributed by atoms with Gasteiger partial charge in [0.2, 0.25) is 0 Å². The van der Waals surface area contributed by atoms with Crippen molar-refractivity contribution < 1.29 is 9.59 Å². The highest BCUT2D eigenvalue weighted by Gasteiger charge is 2.36. The number of amides is 1. The Kier molecular flexibility index (Phi) is 6.21. The summed E-state index contributed by atoms with van der Waals surface area (Å²) in [6.07, 6.45) is 0.892. The van der Waals surface area contributed by atoms with E-state index in [-0.39, 0.29) is 29.5 Å². The van der Waals surface area contributed by atoms with Gasteiger partial charge in [-0.25, -0.2) is 0 Å². The number of hydrogen-bond acceptors (Lipinski definition) is 3. The molecule has 1 saturated heterocycles. The van der Waals surface area contributed by atoms with Crippen molar-refractivity contribution in [2.45, 2.75) is 20.3 Å². The first-order valence-corrected chi connectivity index (χ1v) is 8.63. The predicted octanol–water partition coefficient (Wildman–Crippen LogP) is 3.46. The molecule has 0 aromatic heterocycles. The van der Waals surface area contributed by atoms with Crippen molar-refractivity contribution in [3.8, 4) is 0 Å². The van der Waals surface area contributed by atoms with Gasteiger partial charge in [0, 0.05) is 24.2 Å². The number of nitrogens with two attached hydrogens (primary N) is 1. The number of rotatable bonds is 4. The first kappa shape index (κ1) is 20.1. The van der Waals surface area contributed by atoms with Gasteiger partial charge in [0.05, 0.1) is 5.56 Å². The lowest BCUT2D eigenvalue weighted by molar-refractivity contribution is 0.0772. The van der Waals surface area contributed by atoms with Crippen LogP contribution in [0.4, 0.5) is 0 Å². The predicted molar refractivity (Wildman–Crippen MR) is 106 cm³/mol. The smallest absolute Gasteiger partial charge is 0.254 e. The molecule has 1 aliphatic heterocycles. The highest BCUT2D eigenvalue weighted by molar-refractivity contribution is 6.15. The number of ketones is 1. The van der Waals surface area contributed by atoms with E-state index in [0.717, 1.165) is 12.0 Å². The normalized spacial score (nSPS) is 19.1. The van der Waals surface area contributed by atoms with Gasteiger partial charge in [-0.1, -0.05) is 55.0 Å². The minimum Gasteiger partial charge on any atom is -0.338 e. The molecule has 1 unspecified atom stereocenters. The SMILES string of the molecule is Cc1ccc(C(=O)c2ccccc2C(=O)N2CCC(C)(CN)C2)cc1.Cl. The van der Waals surface area contributed by atoms with Crippen LogP contribution in [0.1, 0.15) is 45.2 Å². The summed E-state index contributed by atoms with van der Waals surface area (Å²) in [6.45, 7) is 5.95. The number of carbonyl (C=O) groups excluding carboxylic acids is 2. The van der Waals surface area contributed by atoms with Crippen molar-refractivity contribution in [1.29, 1.82) is 0 Å². The fraction of sp³-hybridized carbons (Fsp3) is 0.333. The van der Waals surface area contributed by atoms with E-state index in [1.807, 2.05) is 24.0 Å². The Morgan fingerprint density at radius 1 is 1.08 bits per heavy atom. The Bertz CT molecular complexity index is 804. The van der Waals surface area contributed by atoms with E-state index in [2.05, 4.69) is 6.92 Å². The summed E-state index contributed by atoms with van der Waals surface area (Å²) >= 11 is 0. The molecular formula is C21H25ClN2O2. The molecule has 5 heteroatoms. The minimum atomic E-state index is -0.121. The maximum absolute atomic E-state index is 13.0. The second-order valence-corrected chi connectivity index (χ2v) is 7.23. The van der Waals surface area contributed by atoms with Crippen LogP contribution in [-0.2, 0) is 0 Å². The first-order valence-electron chi connectivity index (χ1n) is 8.63. The summed E-state index contributed by atoms with van der Waals surface area (Å²) < 4.78 is 0.